The van der Waals surface area contributed by atoms with Crippen LogP contribution in [0, 0.1) is 0 Å². The van der Waals surface area contributed by atoms with Gasteiger partial charge in [-0.1, -0.05) is 36.6 Å². The number of amides is 1. The Bertz CT molecular complexity index is 1050. The molecule has 1 aromatic heterocycles. The van der Waals surface area contributed by atoms with Crippen LogP contribution in [0.15, 0.2) is 60.8 Å². The van der Waals surface area contributed by atoms with Crippen LogP contribution in [0.25, 0.3) is 11.1 Å². The number of carbonyl (C=O) groups is 1. The predicted octanol–water partition coefficient (Wildman–Crippen LogP) is 6.40. The summed E-state index contributed by atoms with van der Waals surface area (Å²) in [5.41, 5.74) is 2.25. The van der Waals surface area contributed by atoms with Gasteiger partial charge in [0.15, 0.2) is 0 Å². The highest BCUT2D eigenvalue weighted by Gasteiger charge is 2.13. The molecule has 166 valence electrons. The largest absolute Gasteiger partial charge is 0.497 e. The highest BCUT2D eigenvalue weighted by molar-refractivity contribution is 6.33. The van der Waals surface area contributed by atoms with Crippen molar-refractivity contribution in [2.45, 2.75) is 25.7 Å². The van der Waals surface area contributed by atoms with Crippen LogP contribution in [0.5, 0.6) is 11.5 Å². The Morgan fingerprint density at radius 2 is 1.69 bits per heavy atom. The van der Waals surface area contributed by atoms with Crippen molar-refractivity contribution in [3.8, 4) is 22.6 Å². The molecule has 2 aromatic carbocycles. The molecular weight excluding hydrogens is 426 g/mol. The first-order valence-corrected chi connectivity index (χ1v) is 11.1. The van der Waals surface area contributed by atoms with Gasteiger partial charge < -0.3 is 14.4 Å². The number of aromatic nitrogens is 1. The summed E-state index contributed by atoms with van der Waals surface area (Å²) in [5.74, 6) is 2.09. The van der Waals surface area contributed by atoms with Gasteiger partial charge in [0.05, 0.1) is 19.0 Å². The number of halogens is 1. The van der Waals surface area contributed by atoms with Gasteiger partial charge in [-0.2, -0.15) is 0 Å². The van der Waals surface area contributed by atoms with E-state index in [2.05, 4.69) is 15.2 Å². The number of benzene rings is 2. The topological polar surface area (TPSA) is 63.7 Å². The second kappa shape index (κ2) is 10.4. The van der Waals surface area contributed by atoms with Crippen molar-refractivity contribution in [1.82, 2.24) is 4.98 Å². The van der Waals surface area contributed by atoms with Crippen molar-refractivity contribution >= 4 is 29.2 Å². The fourth-order valence-corrected chi connectivity index (χ4v) is 3.98. The fourth-order valence-electron chi connectivity index (χ4n) is 3.76. The van der Waals surface area contributed by atoms with E-state index in [0.29, 0.717) is 16.5 Å². The first kappa shape index (κ1) is 22.0. The molecule has 0 saturated carbocycles. The van der Waals surface area contributed by atoms with Gasteiger partial charge in [-0.3, -0.25) is 5.32 Å². The van der Waals surface area contributed by atoms with Crippen molar-refractivity contribution in [3.63, 3.8) is 0 Å². The quantitative estimate of drug-likeness (QED) is 0.486. The van der Waals surface area contributed by atoms with E-state index < -0.39 is 6.09 Å². The van der Waals surface area contributed by atoms with E-state index in [1.807, 2.05) is 36.4 Å². The van der Waals surface area contributed by atoms with Gasteiger partial charge in [0.25, 0.3) is 0 Å². The SMILES string of the molecule is COc1ccc(-c2cc(OC(=O)Nc3ccc(N4CCCCCC4)nc3)ccc2Cl)cc1. The third kappa shape index (κ3) is 5.51. The summed E-state index contributed by atoms with van der Waals surface area (Å²) in [7, 11) is 1.62. The molecule has 1 N–H and O–H groups in total. The van der Waals surface area contributed by atoms with Gasteiger partial charge >= 0.3 is 6.09 Å². The van der Waals surface area contributed by atoms with Crippen LogP contribution in [-0.4, -0.2) is 31.3 Å². The Kier molecular flexibility index (Phi) is 7.12. The maximum Gasteiger partial charge on any atom is 0.417 e. The summed E-state index contributed by atoms with van der Waals surface area (Å²) >= 11 is 6.36. The Labute approximate surface area is 193 Å². The van der Waals surface area contributed by atoms with Gasteiger partial charge in [0, 0.05) is 23.7 Å². The summed E-state index contributed by atoms with van der Waals surface area (Å²) in [5, 5.41) is 3.30. The van der Waals surface area contributed by atoms with Gasteiger partial charge in [-0.15, -0.1) is 0 Å². The van der Waals surface area contributed by atoms with Crippen molar-refractivity contribution in [3.05, 3.63) is 65.8 Å². The molecule has 32 heavy (non-hydrogen) atoms. The fraction of sp³-hybridized carbons (Fsp3) is 0.280. The van der Waals surface area contributed by atoms with E-state index in [0.717, 1.165) is 35.8 Å². The van der Waals surface area contributed by atoms with Gasteiger partial charge in [0.1, 0.15) is 17.3 Å². The number of rotatable bonds is 5. The van der Waals surface area contributed by atoms with Crippen molar-refractivity contribution in [1.29, 1.82) is 0 Å². The minimum absolute atomic E-state index is 0.395. The maximum atomic E-state index is 12.4. The normalized spacial score (nSPS) is 13.9. The average Bonchev–Trinajstić information content (AvgIpc) is 3.11. The van der Waals surface area contributed by atoms with Gasteiger partial charge in [-0.25, -0.2) is 9.78 Å². The molecule has 0 atom stereocenters. The first-order valence-electron chi connectivity index (χ1n) is 10.8. The molecule has 1 saturated heterocycles. The van der Waals surface area contributed by atoms with Crippen LogP contribution in [-0.2, 0) is 0 Å². The predicted molar refractivity (Wildman–Crippen MR) is 128 cm³/mol. The Morgan fingerprint density at radius 3 is 2.34 bits per heavy atom. The molecule has 1 amide bonds. The van der Waals surface area contributed by atoms with Crippen LogP contribution in [0.3, 0.4) is 0 Å². The number of carbonyl (C=O) groups excluding carboxylic acids is 1. The molecule has 2 heterocycles. The Balaban J connectivity index is 1.40. The lowest BCUT2D eigenvalue weighted by atomic mass is 10.1. The number of pyridine rings is 1. The number of ether oxygens (including phenoxy) is 2. The number of anilines is 2. The third-order valence-corrected chi connectivity index (χ3v) is 5.80. The van der Waals surface area contributed by atoms with Crippen LogP contribution in [0.1, 0.15) is 25.7 Å². The van der Waals surface area contributed by atoms with Crippen LogP contribution in [0.2, 0.25) is 5.02 Å². The lowest BCUT2D eigenvalue weighted by Gasteiger charge is -2.21. The molecule has 4 rings (SSSR count). The number of hydrogen-bond donors (Lipinski definition) is 1. The third-order valence-electron chi connectivity index (χ3n) is 5.47. The van der Waals surface area contributed by atoms with Gasteiger partial charge in [-0.05, 0) is 60.9 Å². The number of nitrogens with one attached hydrogen (secondary N) is 1. The van der Waals surface area contributed by atoms with E-state index >= 15 is 0 Å². The van der Waals surface area contributed by atoms with Crippen LogP contribution in [0.4, 0.5) is 16.3 Å². The van der Waals surface area contributed by atoms with Crippen LogP contribution >= 0.6 is 11.6 Å². The van der Waals surface area contributed by atoms with E-state index in [-0.39, 0.29) is 0 Å². The van der Waals surface area contributed by atoms with Gasteiger partial charge in [0.2, 0.25) is 0 Å². The molecular formula is C25H26ClN3O3. The molecule has 1 aliphatic heterocycles. The molecule has 0 spiro atoms. The Morgan fingerprint density at radius 1 is 0.969 bits per heavy atom. The van der Waals surface area contributed by atoms with E-state index in [1.54, 1.807) is 31.5 Å². The zero-order valence-corrected chi connectivity index (χ0v) is 18.8. The van der Waals surface area contributed by atoms with Crippen molar-refractivity contribution in [2.24, 2.45) is 0 Å². The second-order valence-electron chi connectivity index (χ2n) is 7.69. The Hall–Kier alpha value is -3.25. The van der Waals surface area contributed by atoms with E-state index in [1.165, 1.54) is 25.7 Å². The summed E-state index contributed by atoms with van der Waals surface area (Å²) in [6, 6.07) is 16.4. The lowest BCUT2D eigenvalue weighted by Crippen LogP contribution is -2.25. The van der Waals surface area contributed by atoms with Crippen molar-refractivity contribution in [2.75, 3.05) is 30.4 Å². The molecule has 0 aliphatic carbocycles. The zero-order chi connectivity index (χ0) is 22.3. The number of hydrogen-bond acceptors (Lipinski definition) is 5. The highest BCUT2D eigenvalue weighted by atomic mass is 35.5. The van der Waals surface area contributed by atoms with Crippen LogP contribution < -0.4 is 19.7 Å². The molecule has 7 heteroatoms. The number of methoxy groups -OCH3 is 1. The molecule has 6 nitrogen and oxygen atoms in total. The molecule has 0 bridgehead atoms. The summed E-state index contributed by atoms with van der Waals surface area (Å²) < 4.78 is 10.7. The average molecular weight is 452 g/mol. The number of nitrogens with zero attached hydrogens (tertiary/aromatic N) is 2. The maximum absolute atomic E-state index is 12.4. The minimum atomic E-state index is -0.586. The smallest absolute Gasteiger partial charge is 0.417 e. The van der Waals surface area contributed by atoms with E-state index in [4.69, 9.17) is 21.1 Å². The second-order valence-corrected chi connectivity index (χ2v) is 8.10. The monoisotopic (exact) mass is 451 g/mol. The van der Waals surface area contributed by atoms with E-state index in [9.17, 15) is 4.79 Å². The molecule has 0 radical (unpaired) electrons. The van der Waals surface area contributed by atoms with Crippen molar-refractivity contribution < 1.29 is 14.3 Å². The minimum Gasteiger partial charge on any atom is -0.497 e. The molecule has 3 aromatic rings. The summed E-state index contributed by atoms with van der Waals surface area (Å²) in [6.45, 7) is 2.05. The summed E-state index contributed by atoms with van der Waals surface area (Å²) in [4.78, 5) is 19.2. The molecule has 1 fully saturated rings. The highest BCUT2D eigenvalue weighted by Crippen LogP contribution is 2.32. The molecule has 0 unspecified atom stereocenters. The zero-order valence-electron chi connectivity index (χ0n) is 18.0. The molecule has 1 aliphatic rings. The summed E-state index contributed by atoms with van der Waals surface area (Å²) in [6.07, 6.45) is 5.99. The lowest BCUT2D eigenvalue weighted by molar-refractivity contribution is 0.215. The standard InChI is InChI=1S/C25H26ClN3O3/c1-31-20-9-6-18(7-10-20)22-16-21(11-12-23(22)26)32-25(30)28-19-8-13-24(27-17-19)29-14-4-2-3-5-15-29/h6-13,16-17H,2-5,14-15H2,1H3,(H,28,30). The first-order chi connectivity index (χ1) is 15.6.